The van der Waals surface area contributed by atoms with Crippen LogP contribution in [0.2, 0.25) is 8.87 Å². The van der Waals surface area contributed by atoms with Gasteiger partial charge in [0.15, 0.2) is 0 Å². The van der Waals surface area contributed by atoms with Crippen molar-refractivity contribution >= 4 is 22.4 Å². The van der Waals surface area contributed by atoms with Crippen LogP contribution in [0.4, 0.5) is 0 Å². The number of rotatable bonds is 10. The van der Waals surface area contributed by atoms with E-state index in [0.717, 1.165) is 6.54 Å². The molecule has 0 spiro atoms. The van der Waals surface area contributed by atoms with E-state index in [0.29, 0.717) is 0 Å². The fourth-order valence-corrected chi connectivity index (χ4v) is 18.6. The summed E-state index contributed by atoms with van der Waals surface area (Å²) in [4.78, 5) is 2.28. The number of benzene rings is 1. The van der Waals surface area contributed by atoms with Crippen LogP contribution in [-0.4, -0.2) is 43.4 Å². The summed E-state index contributed by atoms with van der Waals surface area (Å²) >= 11 is -2.92. The molecule has 0 radical (unpaired) electrons. The molecule has 3 heteroatoms. The van der Waals surface area contributed by atoms with Crippen molar-refractivity contribution in [2.24, 2.45) is 0 Å². The Morgan fingerprint density at radius 3 is 1.96 bits per heavy atom. The van der Waals surface area contributed by atoms with Gasteiger partial charge in [-0.05, 0) is 0 Å². The number of unbranched alkanes of at least 4 members (excludes halogenated alkanes) is 2. The Kier molecular flexibility index (Phi) is 9.32. The zero-order valence-corrected chi connectivity index (χ0v) is 20.0. The van der Waals surface area contributed by atoms with Crippen LogP contribution in [0.15, 0.2) is 24.3 Å². The topological polar surface area (TPSA) is 12.5 Å². The zero-order chi connectivity index (χ0) is 18.2. The fraction of sp³-hybridized carbons (Fsp3) is 0.714. The SMILES string of the molecule is CCC[CH2][Sn]([CH2]CCC)([O]C(C)(C)C)[c]1ccccc1CN(C)C. The molecule has 138 valence electrons. The van der Waals surface area contributed by atoms with Crippen LogP contribution in [0.5, 0.6) is 0 Å². The van der Waals surface area contributed by atoms with Crippen molar-refractivity contribution in [3.05, 3.63) is 29.8 Å². The second-order valence-corrected chi connectivity index (χ2v) is 19.0. The van der Waals surface area contributed by atoms with Crippen LogP contribution in [0, 0.1) is 0 Å². The van der Waals surface area contributed by atoms with Crippen molar-refractivity contribution in [3.63, 3.8) is 0 Å². The molecule has 0 saturated carbocycles. The number of hydrogen-bond donors (Lipinski definition) is 0. The summed E-state index contributed by atoms with van der Waals surface area (Å²) in [5.74, 6) is 0. The van der Waals surface area contributed by atoms with Gasteiger partial charge >= 0.3 is 156 Å². The first-order valence-corrected chi connectivity index (χ1v) is 16.3. The minimum atomic E-state index is -2.92. The predicted molar refractivity (Wildman–Crippen MR) is 109 cm³/mol. The summed E-state index contributed by atoms with van der Waals surface area (Å²) in [6, 6.07) is 9.14. The Hall–Kier alpha value is -0.0613. The molecule has 0 N–H and O–H groups in total. The first-order chi connectivity index (χ1) is 11.2. The molecular weight excluding hydrogens is 401 g/mol. The third kappa shape index (κ3) is 7.05. The predicted octanol–water partition coefficient (Wildman–Crippen LogP) is 5.32. The van der Waals surface area contributed by atoms with E-state index in [1.807, 2.05) is 0 Å². The van der Waals surface area contributed by atoms with E-state index < -0.39 is 18.8 Å². The van der Waals surface area contributed by atoms with E-state index in [2.05, 4.69) is 77.9 Å². The second-order valence-electron chi connectivity index (χ2n) is 8.31. The van der Waals surface area contributed by atoms with Crippen molar-refractivity contribution in [2.45, 2.75) is 81.3 Å². The molecule has 0 aliphatic heterocycles. The third-order valence-electron chi connectivity index (χ3n) is 4.36. The Bertz CT molecular complexity index is 471. The van der Waals surface area contributed by atoms with Gasteiger partial charge in [0, 0.05) is 0 Å². The average Bonchev–Trinajstić information content (AvgIpc) is 2.49. The molecule has 1 aromatic carbocycles. The van der Waals surface area contributed by atoms with Gasteiger partial charge in [-0.25, -0.2) is 0 Å². The van der Waals surface area contributed by atoms with Crippen LogP contribution < -0.4 is 3.58 Å². The van der Waals surface area contributed by atoms with Crippen molar-refractivity contribution in [1.82, 2.24) is 4.90 Å². The summed E-state index contributed by atoms with van der Waals surface area (Å²) < 4.78 is 11.3. The summed E-state index contributed by atoms with van der Waals surface area (Å²) in [5.41, 5.74) is 1.44. The normalized spacial score (nSPS) is 12.8. The first kappa shape index (κ1) is 22.0. The van der Waals surface area contributed by atoms with Crippen molar-refractivity contribution in [3.8, 4) is 0 Å². The van der Waals surface area contributed by atoms with Gasteiger partial charge in [0.25, 0.3) is 0 Å². The molecule has 0 aliphatic rings. The molecule has 2 nitrogen and oxygen atoms in total. The van der Waals surface area contributed by atoms with E-state index in [4.69, 9.17) is 3.07 Å². The maximum absolute atomic E-state index is 7.03. The van der Waals surface area contributed by atoms with Crippen molar-refractivity contribution in [2.75, 3.05) is 14.1 Å². The Balaban J connectivity index is 3.37. The zero-order valence-electron chi connectivity index (χ0n) is 17.1. The van der Waals surface area contributed by atoms with Gasteiger partial charge in [0.05, 0.1) is 0 Å². The summed E-state index contributed by atoms with van der Waals surface area (Å²) in [7, 11) is 4.33. The minimum absolute atomic E-state index is 0.0528. The summed E-state index contributed by atoms with van der Waals surface area (Å²) in [6.07, 6.45) is 5.11. The Morgan fingerprint density at radius 2 is 1.50 bits per heavy atom. The van der Waals surface area contributed by atoms with E-state index in [9.17, 15) is 0 Å². The standard InChI is InChI=1S/C9H12N.C4H9O.2C4H9.Sn/c1-10(2)8-9-6-4-3-5-7-9;1-4(2,3)5;2*1-3-4-2;/h3-6H,8H2,1-2H3;1-3H3;2*1,3-4H2,2H3;/q;-1;;;+1. The maximum atomic E-state index is 7.03. The summed E-state index contributed by atoms with van der Waals surface area (Å²) in [5, 5.41) is 0. The van der Waals surface area contributed by atoms with Gasteiger partial charge in [-0.15, -0.1) is 0 Å². The molecule has 0 saturated heterocycles. The molecule has 1 aromatic rings. The van der Waals surface area contributed by atoms with E-state index in [1.54, 1.807) is 3.58 Å². The van der Waals surface area contributed by atoms with Gasteiger partial charge < -0.3 is 0 Å². The number of nitrogens with zero attached hydrogens (tertiary/aromatic N) is 1. The Morgan fingerprint density at radius 1 is 0.958 bits per heavy atom. The molecule has 0 amide bonds. The molecule has 0 aliphatic carbocycles. The molecule has 0 atom stereocenters. The average molecular weight is 440 g/mol. The van der Waals surface area contributed by atoms with Gasteiger partial charge in [0.2, 0.25) is 0 Å². The molecule has 0 fully saturated rings. The van der Waals surface area contributed by atoms with E-state index >= 15 is 0 Å². The van der Waals surface area contributed by atoms with Crippen LogP contribution in [0.1, 0.15) is 65.9 Å². The van der Waals surface area contributed by atoms with E-state index in [-0.39, 0.29) is 5.60 Å². The van der Waals surface area contributed by atoms with Gasteiger partial charge in [0.1, 0.15) is 0 Å². The monoisotopic (exact) mass is 441 g/mol. The van der Waals surface area contributed by atoms with Crippen LogP contribution in [-0.2, 0) is 9.62 Å². The van der Waals surface area contributed by atoms with E-state index in [1.165, 1.54) is 40.1 Å². The molecule has 0 bridgehead atoms. The van der Waals surface area contributed by atoms with Crippen LogP contribution >= 0.6 is 0 Å². The molecule has 0 aromatic heterocycles. The van der Waals surface area contributed by atoms with Gasteiger partial charge in [-0.2, -0.15) is 0 Å². The van der Waals surface area contributed by atoms with Gasteiger partial charge in [-0.3, -0.25) is 0 Å². The quantitative estimate of drug-likeness (QED) is 0.457. The molecule has 0 heterocycles. The van der Waals surface area contributed by atoms with Gasteiger partial charge in [-0.1, -0.05) is 0 Å². The summed E-state index contributed by atoms with van der Waals surface area (Å²) in [6.45, 7) is 12.3. The second kappa shape index (κ2) is 10.2. The third-order valence-corrected chi connectivity index (χ3v) is 18.1. The molecule has 0 unspecified atom stereocenters. The Labute approximate surface area is 155 Å². The molecule has 24 heavy (non-hydrogen) atoms. The number of hydrogen-bond acceptors (Lipinski definition) is 2. The van der Waals surface area contributed by atoms with Crippen molar-refractivity contribution in [1.29, 1.82) is 0 Å². The molecule has 1 rings (SSSR count). The van der Waals surface area contributed by atoms with Crippen molar-refractivity contribution < 1.29 is 3.07 Å². The fourth-order valence-electron chi connectivity index (χ4n) is 3.51. The van der Waals surface area contributed by atoms with Crippen LogP contribution in [0.25, 0.3) is 0 Å². The first-order valence-electron chi connectivity index (χ1n) is 9.67. The van der Waals surface area contributed by atoms with Crippen LogP contribution in [0.3, 0.4) is 0 Å². The molecular formula is C21H39NOSn.